The lowest BCUT2D eigenvalue weighted by molar-refractivity contribution is -0.116. The van der Waals surface area contributed by atoms with Crippen LogP contribution in [0.5, 0.6) is 5.75 Å². The summed E-state index contributed by atoms with van der Waals surface area (Å²) >= 11 is 1.29. The van der Waals surface area contributed by atoms with E-state index in [0.29, 0.717) is 35.0 Å². The van der Waals surface area contributed by atoms with Crippen molar-refractivity contribution in [2.24, 2.45) is 0 Å². The predicted octanol–water partition coefficient (Wildman–Crippen LogP) is 5.81. The third-order valence-corrected chi connectivity index (χ3v) is 7.50. The van der Waals surface area contributed by atoms with Gasteiger partial charge in [-0.1, -0.05) is 47.7 Å². The van der Waals surface area contributed by atoms with Crippen molar-refractivity contribution < 1.29 is 14.3 Å². The summed E-state index contributed by atoms with van der Waals surface area (Å²) in [5.41, 5.74) is 6.73. The van der Waals surface area contributed by atoms with Gasteiger partial charge in [0.1, 0.15) is 5.75 Å². The summed E-state index contributed by atoms with van der Waals surface area (Å²) < 4.78 is 5.87. The Morgan fingerprint density at radius 1 is 1.19 bits per heavy atom. The lowest BCUT2D eigenvalue weighted by Crippen LogP contribution is -2.32. The zero-order valence-corrected chi connectivity index (χ0v) is 22.0. The van der Waals surface area contributed by atoms with E-state index < -0.39 is 5.92 Å². The Balaban J connectivity index is 1.65. The average Bonchev–Trinajstić information content (AvgIpc) is 2.85. The predicted molar refractivity (Wildman–Crippen MR) is 144 cm³/mol. The van der Waals surface area contributed by atoms with Gasteiger partial charge in [-0.25, -0.2) is 0 Å². The summed E-state index contributed by atoms with van der Waals surface area (Å²) in [5.74, 6) is 0.190. The molecular weight excluding hydrogens is 470 g/mol. The molecule has 1 heterocycles. The third kappa shape index (κ3) is 5.19. The quantitative estimate of drug-likeness (QED) is 0.497. The van der Waals surface area contributed by atoms with Gasteiger partial charge in [-0.05, 0) is 57.7 Å². The zero-order chi connectivity index (χ0) is 25.8. The third-order valence-electron chi connectivity index (χ3n) is 6.48. The Bertz CT molecular complexity index is 1300. The number of benzene rings is 2. The van der Waals surface area contributed by atoms with Crippen molar-refractivity contribution in [1.82, 2.24) is 5.32 Å². The number of nitrogens with zero attached hydrogens (tertiary/aromatic N) is 1. The standard InChI is InChI=1S/C29H31N3O3S/c1-5-35-24-12-7-6-9-20(24)26-21(15-30)29(31-22-10-8-11-23(33)27(22)26)36-16-25(34)32-28-18(3)13-17(2)14-19(28)4/h6-7,9,12-14,26,31H,5,8,10-11,16H2,1-4H3,(H,32,34)/t26-/m1/s1. The van der Waals surface area contributed by atoms with Crippen LogP contribution in [0.1, 0.15) is 54.4 Å². The number of anilines is 1. The minimum absolute atomic E-state index is 0.0555. The molecular formula is C29H31N3O3S. The molecule has 0 saturated carbocycles. The second-order valence-corrected chi connectivity index (χ2v) is 10.1. The van der Waals surface area contributed by atoms with Gasteiger partial charge in [0.05, 0.1) is 34.9 Å². The molecule has 2 aromatic carbocycles. The fraction of sp³-hybridized carbons (Fsp3) is 0.345. The maximum atomic E-state index is 13.1. The molecule has 0 saturated heterocycles. The van der Waals surface area contributed by atoms with Crippen LogP contribution in [0.2, 0.25) is 0 Å². The van der Waals surface area contributed by atoms with E-state index in [1.54, 1.807) is 0 Å². The number of rotatable bonds is 7. The Hall–Kier alpha value is -3.50. The van der Waals surface area contributed by atoms with E-state index in [1.807, 2.05) is 64.1 Å². The molecule has 2 aromatic rings. The number of nitriles is 1. The van der Waals surface area contributed by atoms with E-state index in [9.17, 15) is 14.9 Å². The number of nitrogens with one attached hydrogen (secondary N) is 2. The van der Waals surface area contributed by atoms with E-state index in [1.165, 1.54) is 11.8 Å². The van der Waals surface area contributed by atoms with Crippen LogP contribution in [0.15, 0.2) is 58.3 Å². The lowest BCUT2D eigenvalue weighted by atomic mass is 9.76. The normalized spacial score (nSPS) is 17.3. The SMILES string of the molecule is CCOc1ccccc1[C@@H]1C(C#N)=C(SCC(=O)Nc2c(C)cc(C)cc2C)NC2=C1C(=O)CCC2. The number of Topliss-reactive ketones (excluding diaryl/α,β-unsaturated/α-hetero) is 1. The van der Waals surface area contributed by atoms with Crippen molar-refractivity contribution >= 4 is 29.1 Å². The molecule has 1 amide bonds. The zero-order valence-electron chi connectivity index (χ0n) is 21.2. The summed E-state index contributed by atoms with van der Waals surface area (Å²) in [4.78, 5) is 26.0. The van der Waals surface area contributed by atoms with Crippen molar-refractivity contribution in [2.45, 2.75) is 52.9 Å². The fourth-order valence-electron chi connectivity index (χ4n) is 5.04. The summed E-state index contributed by atoms with van der Waals surface area (Å²) in [6.07, 6.45) is 1.95. The van der Waals surface area contributed by atoms with Crippen LogP contribution in [0.25, 0.3) is 0 Å². The molecule has 0 spiro atoms. The number of aryl methyl sites for hydroxylation is 3. The lowest BCUT2D eigenvalue weighted by Gasteiger charge is -2.33. The first-order chi connectivity index (χ1) is 17.3. The minimum atomic E-state index is -0.519. The van der Waals surface area contributed by atoms with Crippen LogP contribution < -0.4 is 15.4 Å². The van der Waals surface area contributed by atoms with Gasteiger partial charge in [0.25, 0.3) is 0 Å². The van der Waals surface area contributed by atoms with Crippen LogP contribution in [-0.2, 0) is 9.59 Å². The number of hydrogen-bond acceptors (Lipinski definition) is 6. The number of carbonyl (C=O) groups excluding carboxylic acids is 2. The number of amides is 1. The van der Waals surface area contributed by atoms with Gasteiger partial charge < -0.3 is 15.4 Å². The molecule has 0 bridgehead atoms. The van der Waals surface area contributed by atoms with E-state index >= 15 is 0 Å². The van der Waals surface area contributed by atoms with Gasteiger partial charge in [-0.15, -0.1) is 0 Å². The van der Waals surface area contributed by atoms with Gasteiger partial charge in [0.2, 0.25) is 5.91 Å². The van der Waals surface area contributed by atoms with E-state index in [2.05, 4.69) is 16.7 Å². The Labute approximate surface area is 216 Å². The second kappa shape index (κ2) is 11.0. The molecule has 2 N–H and O–H groups in total. The van der Waals surface area contributed by atoms with Gasteiger partial charge in [0, 0.05) is 28.9 Å². The van der Waals surface area contributed by atoms with Crippen LogP contribution in [-0.4, -0.2) is 24.1 Å². The molecule has 1 atom stereocenters. The van der Waals surface area contributed by atoms with Gasteiger partial charge >= 0.3 is 0 Å². The van der Waals surface area contributed by atoms with Crippen molar-refractivity contribution in [2.75, 3.05) is 17.7 Å². The molecule has 6 nitrogen and oxygen atoms in total. The number of para-hydroxylation sites is 1. The van der Waals surface area contributed by atoms with Crippen LogP contribution in [0.3, 0.4) is 0 Å². The summed E-state index contributed by atoms with van der Waals surface area (Å²) in [6, 6.07) is 14.0. The van der Waals surface area contributed by atoms with E-state index in [-0.39, 0.29) is 17.4 Å². The average molecular weight is 502 g/mol. The molecule has 36 heavy (non-hydrogen) atoms. The van der Waals surface area contributed by atoms with Gasteiger partial charge in [0.15, 0.2) is 5.78 Å². The fourth-order valence-corrected chi connectivity index (χ4v) is 5.91. The first-order valence-corrected chi connectivity index (χ1v) is 13.2. The topological polar surface area (TPSA) is 91.2 Å². The van der Waals surface area contributed by atoms with Crippen molar-refractivity contribution in [3.8, 4) is 11.8 Å². The molecule has 0 unspecified atom stereocenters. The first kappa shape index (κ1) is 25.6. The Kier molecular flexibility index (Phi) is 7.85. The summed E-state index contributed by atoms with van der Waals surface area (Å²) in [7, 11) is 0. The largest absolute Gasteiger partial charge is 0.494 e. The number of carbonyl (C=O) groups is 2. The van der Waals surface area contributed by atoms with Crippen LogP contribution in [0, 0.1) is 32.1 Å². The Morgan fingerprint density at radius 3 is 2.61 bits per heavy atom. The number of hydrogen-bond donors (Lipinski definition) is 2. The number of thioether (sulfide) groups is 1. The van der Waals surface area contributed by atoms with E-state index in [0.717, 1.165) is 46.5 Å². The highest BCUT2D eigenvalue weighted by molar-refractivity contribution is 8.03. The van der Waals surface area contributed by atoms with Gasteiger partial charge in [-0.3, -0.25) is 9.59 Å². The smallest absolute Gasteiger partial charge is 0.234 e. The molecule has 0 fully saturated rings. The highest BCUT2D eigenvalue weighted by Gasteiger charge is 2.38. The number of ether oxygens (including phenoxy) is 1. The molecule has 186 valence electrons. The highest BCUT2D eigenvalue weighted by atomic mass is 32.2. The van der Waals surface area contributed by atoms with E-state index in [4.69, 9.17) is 4.74 Å². The van der Waals surface area contributed by atoms with Crippen LogP contribution >= 0.6 is 11.8 Å². The number of ketones is 1. The Morgan fingerprint density at radius 2 is 1.92 bits per heavy atom. The first-order valence-electron chi connectivity index (χ1n) is 12.2. The highest BCUT2D eigenvalue weighted by Crippen LogP contribution is 2.46. The summed E-state index contributed by atoms with van der Waals surface area (Å²) in [6.45, 7) is 8.39. The summed E-state index contributed by atoms with van der Waals surface area (Å²) in [5, 5.41) is 17.3. The molecule has 0 radical (unpaired) electrons. The monoisotopic (exact) mass is 501 g/mol. The molecule has 1 aliphatic carbocycles. The molecule has 1 aliphatic heterocycles. The van der Waals surface area contributed by atoms with Crippen molar-refractivity contribution in [3.05, 3.63) is 80.5 Å². The molecule has 0 aromatic heterocycles. The maximum absolute atomic E-state index is 13.1. The maximum Gasteiger partial charge on any atom is 0.234 e. The molecule has 2 aliphatic rings. The van der Waals surface area contributed by atoms with Crippen LogP contribution in [0.4, 0.5) is 5.69 Å². The van der Waals surface area contributed by atoms with Crippen molar-refractivity contribution in [1.29, 1.82) is 5.26 Å². The minimum Gasteiger partial charge on any atom is -0.494 e. The van der Waals surface area contributed by atoms with Gasteiger partial charge in [-0.2, -0.15) is 5.26 Å². The molecule has 7 heteroatoms. The number of dihydropyridines is 1. The number of allylic oxidation sites excluding steroid dienone is 3. The second-order valence-electron chi connectivity index (χ2n) is 9.16. The molecule has 4 rings (SSSR count). The van der Waals surface area contributed by atoms with Crippen molar-refractivity contribution in [3.63, 3.8) is 0 Å².